The molecule has 3 aromatic rings. The number of anilines is 1. The van der Waals surface area contributed by atoms with Gasteiger partial charge in [-0.3, -0.25) is 4.79 Å². The maximum atomic E-state index is 12.3. The second kappa shape index (κ2) is 8.84. The Morgan fingerprint density at radius 2 is 1.96 bits per heavy atom. The molecule has 1 amide bonds. The van der Waals surface area contributed by atoms with E-state index in [1.54, 1.807) is 23.1 Å². The van der Waals surface area contributed by atoms with Crippen LogP contribution in [-0.4, -0.2) is 10.9 Å². The number of carbonyl (C=O) groups is 1. The summed E-state index contributed by atoms with van der Waals surface area (Å²) >= 11 is 6.73. The third-order valence-corrected chi connectivity index (χ3v) is 6.45. The lowest BCUT2D eigenvalue weighted by Gasteiger charge is -2.07. The Balaban J connectivity index is 1.54. The SMILES string of the molecule is Cc1ccc(CSc2nc(CC(=O)Nc3ccc(Br)cc3C)cs2)cc1. The molecule has 2 aromatic carbocycles. The van der Waals surface area contributed by atoms with Crippen molar-refractivity contribution in [1.82, 2.24) is 4.98 Å². The van der Waals surface area contributed by atoms with Gasteiger partial charge in [0.25, 0.3) is 0 Å². The Labute approximate surface area is 170 Å². The van der Waals surface area contributed by atoms with E-state index in [9.17, 15) is 4.79 Å². The summed E-state index contributed by atoms with van der Waals surface area (Å²) < 4.78 is 2.00. The minimum atomic E-state index is -0.0455. The van der Waals surface area contributed by atoms with Gasteiger partial charge in [-0.15, -0.1) is 11.3 Å². The summed E-state index contributed by atoms with van der Waals surface area (Å²) in [5.74, 6) is 0.841. The highest BCUT2D eigenvalue weighted by Gasteiger charge is 2.10. The number of aryl methyl sites for hydroxylation is 2. The molecule has 0 fully saturated rings. The third kappa shape index (κ3) is 5.43. The first-order valence-electron chi connectivity index (χ1n) is 8.18. The van der Waals surface area contributed by atoms with Gasteiger partial charge in [0.1, 0.15) is 4.34 Å². The zero-order chi connectivity index (χ0) is 18.5. The van der Waals surface area contributed by atoms with Gasteiger partial charge in [0, 0.05) is 21.3 Å². The normalized spacial score (nSPS) is 10.7. The number of aromatic nitrogens is 1. The molecule has 1 N–H and O–H groups in total. The zero-order valence-corrected chi connectivity index (χ0v) is 17.8. The fraction of sp³-hybridized carbons (Fsp3) is 0.200. The molecule has 0 bridgehead atoms. The molecule has 0 spiro atoms. The summed E-state index contributed by atoms with van der Waals surface area (Å²) in [5.41, 5.74) is 5.22. The minimum absolute atomic E-state index is 0.0455. The molecule has 0 radical (unpaired) electrons. The summed E-state index contributed by atoms with van der Waals surface area (Å²) in [5, 5.41) is 4.92. The van der Waals surface area contributed by atoms with Crippen LogP contribution in [0.4, 0.5) is 5.69 Å². The molecular weight excluding hydrogens is 428 g/mol. The lowest BCUT2D eigenvalue weighted by atomic mass is 10.2. The summed E-state index contributed by atoms with van der Waals surface area (Å²) in [6.07, 6.45) is 0.289. The highest BCUT2D eigenvalue weighted by molar-refractivity contribution is 9.10. The Hall–Kier alpha value is -1.63. The molecule has 0 aliphatic rings. The largest absolute Gasteiger partial charge is 0.326 e. The van der Waals surface area contributed by atoms with Crippen molar-refractivity contribution in [3.05, 3.63) is 74.7 Å². The van der Waals surface area contributed by atoms with Crippen molar-refractivity contribution in [2.45, 2.75) is 30.4 Å². The molecule has 0 saturated heterocycles. The summed E-state index contributed by atoms with van der Waals surface area (Å²) in [4.78, 5) is 16.8. The van der Waals surface area contributed by atoms with E-state index in [1.807, 2.05) is 30.5 Å². The number of rotatable bonds is 6. The standard InChI is InChI=1S/C20H19BrN2OS2/c1-13-3-5-15(6-4-13)11-25-20-22-17(12-26-20)10-19(24)23-18-8-7-16(21)9-14(18)2/h3-9,12H,10-11H2,1-2H3,(H,23,24). The maximum absolute atomic E-state index is 12.3. The van der Waals surface area contributed by atoms with E-state index in [1.165, 1.54) is 11.1 Å². The zero-order valence-electron chi connectivity index (χ0n) is 14.6. The Bertz CT molecular complexity index is 906. The van der Waals surface area contributed by atoms with Gasteiger partial charge >= 0.3 is 0 Å². The van der Waals surface area contributed by atoms with Gasteiger partial charge in [0.2, 0.25) is 5.91 Å². The summed E-state index contributed by atoms with van der Waals surface area (Å²) in [6.45, 7) is 4.06. The van der Waals surface area contributed by atoms with Crippen molar-refractivity contribution in [2.75, 3.05) is 5.32 Å². The average Bonchev–Trinajstić information content (AvgIpc) is 3.04. The molecule has 0 saturated carbocycles. The second-order valence-electron chi connectivity index (χ2n) is 6.06. The molecular formula is C20H19BrN2OS2. The predicted octanol–water partition coefficient (Wildman–Crippen LogP) is 6.00. The van der Waals surface area contributed by atoms with E-state index < -0.39 is 0 Å². The maximum Gasteiger partial charge on any atom is 0.230 e. The van der Waals surface area contributed by atoms with Crippen molar-refractivity contribution in [3.63, 3.8) is 0 Å². The van der Waals surface area contributed by atoms with Gasteiger partial charge in [-0.25, -0.2) is 4.98 Å². The van der Waals surface area contributed by atoms with Gasteiger partial charge < -0.3 is 5.32 Å². The number of halogens is 1. The molecule has 26 heavy (non-hydrogen) atoms. The van der Waals surface area contributed by atoms with Crippen LogP contribution in [0.25, 0.3) is 0 Å². The molecule has 0 atom stereocenters. The van der Waals surface area contributed by atoms with Crippen LogP contribution in [0, 0.1) is 13.8 Å². The van der Waals surface area contributed by atoms with Crippen LogP contribution in [0.5, 0.6) is 0 Å². The monoisotopic (exact) mass is 446 g/mol. The Morgan fingerprint density at radius 3 is 2.69 bits per heavy atom. The van der Waals surface area contributed by atoms with Crippen LogP contribution in [0.3, 0.4) is 0 Å². The second-order valence-corrected chi connectivity index (χ2v) is 9.06. The Kier molecular flexibility index (Phi) is 6.51. The van der Waals surface area contributed by atoms with Gasteiger partial charge in [0.05, 0.1) is 12.1 Å². The van der Waals surface area contributed by atoms with E-state index >= 15 is 0 Å². The molecule has 3 nitrogen and oxygen atoms in total. The molecule has 134 valence electrons. The first-order chi connectivity index (χ1) is 12.5. The third-order valence-electron chi connectivity index (χ3n) is 3.82. The number of nitrogens with one attached hydrogen (secondary N) is 1. The van der Waals surface area contributed by atoms with Crippen LogP contribution < -0.4 is 5.32 Å². The van der Waals surface area contributed by atoms with E-state index in [-0.39, 0.29) is 12.3 Å². The van der Waals surface area contributed by atoms with Gasteiger partial charge in [-0.1, -0.05) is 57.5 Å². The number of benzene rings is 2. The molecule has 3 rings (SSSR count). The molecule has 0 unspecified atom stereocenters. The average molecular weight is 447 g/mol. The van der Waals surface area contributed by atoms with Crippen LogP contribution in [0.15, 0.2) is 56.7 Å². The highest BCUT2D eigenvalue weighted by Crippen LogP contribution is 2.27. The summed E-state index contributed by atoms with van der Waals surface area (Å²) in [6, 6.07) is 14.3. The van der Waals surface area contributed by atoms with Crippen molar-refractivity contribution in [1.29, 1.82) is 0 Å². The lowest BCUT2D eigenvalue weighted by Crippen LogP contribution is -2.15. The number of hydrogen-bond acceptors (Lipinski definition) is 4. The van der Waals surface area contributed by atoms with Gasteiger partial charge in [-0.2, -0.15) is 0 Å². The predicted molar refractivity (Wildman–Crippen MR) is 114 cm³/mol. The number of hydrogen-bond donors (Lipinski definition) is 1. The lowest BCUT2D eigenvalue weighted by molar-refractivity contribution is -0.115. The molecule has 0 aliphatic carbocycles. The number of carbonyl (C=O) groups excluding carboxylic acids is 1. The van der Waals surface area contributed by atoms with Crippen molar-refractivity contribution >= 4 is 50.6 Å². The number of amides is 1. The quantitative estimate of drug-likeness (QED) is 0.472. The van der Waals surface area contributed by atoms with E-state index in [0.29, 0.717) is 0 Å². The molecule has 1 heterocycles. The molecule has 6 heteroatoms. The molecule has 1 aromatic heterocycles. The van der Waals surface area contributed by atoms with Crippen molar-refractivity contribution in [3.8, 4) is 0 Å². The molecule has 0 aliphatic heterocycles. The van der Waals surface area contributed by atoms with Gasteiger partial charge in [0.15, 0.2) is 0 Å². The van der Waals surface area contributed by atoms with Crippen molar-refractivity contribution < 1.29 is 4.79 Å². The first kappa shape index (κ1) is 19.1. The van der Waals surface area contributed by atoms with Crippen LogP contribution >= 0.6 is 39.0 Å². The number of thiazole rings is 1. The van der Waals surface area contributed by atoms with Crippen LogP contribution in [-0.2, 0) is 17.0 Å². The number of nitrogens with zero attached hydrogens (tertiary/aromatic N) is 1. The van der Waals surface area contributed by atoms with E-state index in [0.717, 1.165) is 31.5 Å². The fourth-order valence-corrected chi connectivity index (χ4v) is 4.67. The first-order valence-corrected chi connectivity index (χ1v) is 10.8. The smallest absolute Gasteiger partial charge is 0.230 e. The van der Waals surface area contributed by atoms with E-state index in [2.05, 4.69) is 57.4 Å². The van der Waals surface area contributed by atoms with Crippen LogP contribution in [0.1, 0.15) is 22.4 Å². The minimum Gasteiger partial charge on any atom is -0.326 e. The highest BCUT2D eigenvalue weighted by atomic mass is 79.9. The van der Waals surface area contributed by atoms with Gasteiger partial charge in [-0.05, 0) is 43.2 Å². The van der Waals surface area contributed by atoms with Crippen LogP contribution in [0.2, 0.25) is 0 Å². The van der Waals surface area contributed by atoms with E-state index in [4.69, 9.17) is 0 Å². The van der Waals surface area contributed by atoms with Crippen molar-refractivity contribution in [2.24, 2.45) is 0 Å². The topological polar surface area (TPSA) is 42.0 Å². The fourth-order valence-electron chi connectivity index (χ4n) is 2.39. The summed E-state index contributed by atoms with van der Waals surface area (Å²) in [7, 11) is 0. The Morgan fingerprint density at radius 1 is 1.19 bits per heavy atom. The number of thioether (sulfide) groups is 1.